The lowest BCUT2D eigenvalue weighted by molar-refractivity contribution is -0.139. The van der Waals surface area contributed by atoms with Crippen LogP contribution >= 0.6 is 0 Å². The molecule has 4 aliphatic heterocycles. The number of fused-ring (bicyclic) bond motifs is 1. The topological polar surface area (TPSA) is 105 Å². The number of rotatable bonds is 5. The van der Waals surface area contributed by atoms with Crippen LogP contribution in [0, 0.1) is 5.92 Å². The van der Waals surface area contributed by atoms with Gasteiger partial charge >= 0.3 is 6.09 Å². The molecule has 0 aliphatic carbocycles. The van der Waals surface area contributed by atoms with Gasteiger partial charge in [0.25, 0.3) is 11.8 Å². The van der Waals surface area contributed by atoms with Crippen molar-refractivity contribution >= 4 is 34.7 Å². The van der Waals surface area contributed by atoms with Crippen LogP contribution in [0.4, 0.5) is 4.79 Å². The quantitative estimate of drug-likeness (QED) is 0.476. The summed E-state index contributed by atoms with van der Waals surface area (Å²) in [6.45, 7) is 2.73. The van der Waals surface area contributed by atoms with Crippen LogP contribution in [-0.4, -0.2) is 96.5 Å². The highest BCUT2D eigenvalue weighted by Gasteiger charge is 2.58. The van der Waals surface area contributed by atoms with Crippen LogP contribution in [-0.2, 0) is 19.1 Å². The molecule has 212 valence electrons. The van der Waals surface area contributed by atoms with E-state index in [0.717, 1.165) is 46.9 Å². The first kappa shape index (κ1) is 25.8. The molecule has 10 heteroatoms. The zero-order chi connectivity index (χ0) is 28.1. The lowest BCUT2D eigenvalue weighted by Crippen LogP contribution is -2.66. The maximum Gasteiger partial charge on any atom is 0.409 e. The highest BCUT2D eigenvalue weighted by molar-refractivity contribution is 6.16. The Kier molecular flexibility index (Phi) is 6.30. The summed E-state index contributed by atoms with van der Waals surface area (Å²) in [6, 6.07) is 16.1. The number of benzene rings is 2. The van der Waals surface area contributed by atoms with Gasteiger partial charge in [0.2, 0.25) is 0 Å². The van der Waals surface area contributed by atoms with E-state index in [2.05, 4.69) is 6.07 Å². The summed E-state index contributed by atoms with van der Waals surface area (Å²) in [7, 11) is 1.33. The van der Waals surface area contributed by atoms with Crippen molar-refractivity contribution in [2.45, 2.75) is 30.9 Å². The van der Waals surface area contributed by atoms with Crippen LogP contribution in [0.1, 0.15) is 24.8 Å². The summed E-state index contributed by atoms with van der Waals surface area (Å²) in [5.74, 6) is 0.689. The molecule has 3 fully saturated rings. The Morgan fingerprint density at radius 3 is 2.56 bits per heavy atom. The van der Waals surface area contributed by atoms with E-state index in [1.807, 2.05) is 47.4 Å². The molecule has 0 radical (unpaired) electrons. The largest absolute Gasteiger partial charge is 0.464 e. The van der Waals surface area contributed by atoms with Crippen LogP contribution < -0.4 is 0 Å². The van der Waals surface area contributed by atoms with Crippen LogP contribution in [0.3, 0.4) is 0 Å². The summed E-state index contributed by atoms with van der Waals surface area (Å²) >= 11 is 0. The fourth-order valence-corrected chi connectivity index (χ4v) is 6.47. The van der Waals surface area contributed by atoms with Gasteiger partial charge in [-0.15, -0.1) is 0 Å². The molecule has 3 aromatic rings. The number of methoxy groups -OCH3 is 1. The summed E-state index contributed by atoms with van der Waals surface area (Å²) in [5, 5.41) is 1.04. The number of carbonyl (C=O) groups is 3. The predicted molar refractivity (Wildman–Crippen MR) is 150 cm³/mol. The third-order valence-corrected chi connectivity index (χ3v) is 8.73. The smallest absolute Gasteiger partial charge is 0.409 e. The molecule has 0 saturated carbocycles. The molecule has 1 aromatic heterocycles. The molecule has 1 spiro atoms. The summed E-state index contributed by atoms with van der Waals surface area (Å²) in [6.07, 6.45) is 3.38. The molecule has 2 aromatic carbocycles. The number of amides is 3. The summed E-state index contributed by atoms with van der Waals surface area (Å²) in [5.41, 5.74) is 2.79. The van der Waals surface area contributed by atoms with E-state index in [-0.39, 0.29) is 36.9 Å². The first-order chi connectivity index (χ1) is 19.9. The van der Waals surface area contributed by atoms with Crippen LogP contribution in [0.2, 0.25) is 0 Å². The summed E-state index contributed by atoms with van der Waals surface area (Å²) < 4.78 is 15.9. The second kappa shape index (κ2) is 10.0. The van der Waals surface area contributed by atoms with Gasteiger partial charge < -0.3 is 23.7 Å². The molecule has 2 atom stereocenters. The fraction of sp³-hybridized carbons (Fsp3) is 0.419. The molecule has 10 nitrogen and oxygen atoms in total. The minimum absolute atomic E-state index is 0.0556. The molecular weight excluding hydrogens is 524 g/mol. The Bertz CT molecular complexity index is 1530. The highest BCUT2D eigenvalue weighted by atomic mass is 16.5. The number of furan rings is 1. The first-order valence-corrected chi connectivity index (χ1v) is 14.2. The first-order valence-electron chi connectivity index (χ1n) is 14.2. The van der Waals surface area contributed by atoms with E-state index in [0.29, 0.717) is 32.1 Å². The van der Waals surface area contributed by atoms with E-state index < -0.39 is 11.6 Å². The third kappa shape index (κ3) is 4.46. The van der Waals surface area contributed by atoms with Crippen molar-refractivity contribution in [3.05, 3.63) is 60.4 Å². The van der Waals surface area contributed by atoms with E-state index in [9.17, 15) is 14.4 Å². The molecule has 3 amide bonds. The SMILES string of the molecule is COC(=O)N1CC2(C1)N=C(c1ccc(-c3ccc4occc4c3)cc1)N(C[C@@H]1CCN(C(=O)[C@H]3CCCO3)C1)C2=O. The molecule has 5 heterocycles. The van der Waals surface area contributed by atoms with Crippen molar-refractivity contribution in [2.75, 3.05) is 46.4 Å². The second-order valence-electron chi connectivity index (χ2n) is 11.4. The molecular formula is C31H32N4O6. The van der Waals surface area contributed by atoms with Gasteiger partial charge in [0.05, 0.1) is 26.5 Å². The Balaban J connectivity index is 1.13. The number of hydrogen-bond donors (Lipinski definition) is 0. The lowest BCUT2D eigenvalue weighted by Gasteiger charge is -2.43. The van der Waals surface area contributed by atoms with Gasteiger partial charge in [-0.2, -0.15) is 0 Å². The average molecular weight is 557 g/mol. The minimum atomic E-state index is -1.000. The Morgan fingerprint density at radius 2 is 1.80 bits per heavy atom. The van der Waals surface area contributed by atoms with Gasteiger partial charge in [-0.25, -0.2) is 9.79 Å². The van der Waals surface area contributed by atoms with Gasteiger partial charge in [0, 0.05) is 37.2 Å². The number of hydrogen-bond acceptors (Lipinski definition) is 7. The van der Waals surface area contributed by atoms with Crippen LogP contribution in [0.5, 0.6) is 0 Å². The number of likely N-dealkylation sites (tertiary alicyclic amines) is 2. The number of ether oxygens (including phenoxy) is 2. The number of nitrogens with zero attached hydrogens (tertiary/aromatic N) is 4. The minimum Gasteiger partial charge on any atom is -0.464 e. The van der Waals surface area contributed by atoms with Crippen molar-refractivity contribution in [1.82, 2.24) is 14.7 Å². The number of aliphatic imine (C=N–C) groups is 1. The average Bonchev–Trinajstić information content (AvgIpc) is 3.79. The second-order valence-corrected chi connectivity index (χ2v) is 11.4. The zero-order valence-electron chi connectivity index (χ0n) is 23.0. The maximum absolute atomic E-state index is 13.9. The molecule has 7 rings (SSSR count). The van der Waals surface area contributed by atoms with E-state index in [1.54, 1.807) is 11.2 Å². The van der Waals surface area contributed by atoms with E-state index in [4.69, 9.17) is 18.9 Å². The fourth-order valence-electron chi connectivity index (χ4n) is 6.47. The Morgan fingerprint density at radius 1 is 1.02 bits per heavy atom. The Hall–Kier alpha value is -4.18. The van der Waals surface area contributed by atoms with Gasteiger partial charge in [-0.05, 0) is 54.5 Å². The van der Waals surface area contributed by atoms with Gasteiger partial charge in [-0.3, -0.25) is 14.5 Å². The normalized spacial score (nSPS) is 23.4. The molecule has 41 heavy (non-hydrogen) atoms. The number of carbonyl (C=O) groups excluding carboxylic acids is 3. The molecule has 3 saturated heterocycles. The van der Waals surface area contributed by atoms with E-state index in [1.165, 1.54) is 12.0 Å². The monoisotopic (exact) mass is 556 g/mol. The molecule has 4 aliphatic rings. The van der Waals surface area contributed by atoms with Crippen molar-refractivity contribution in [3.63, 3.8) is 0 Å². The van der Waals surface area contributed by atoms with Crippen LogP contribution in [0.15, 0.2) is 64.2 Å². The van der Waals surface area contributed by atoms with Gasteiger partial charge in [0.15, 0.2) is 5.54 Å². The maximum atomic E-state index is 13.9. The van der Waals surface area contributed by atoms with Crippen LogP contribution in [0.25, 0.3) is 22.1 Å². The zero-order valence-corrected chi connectivity index (χ0v) is 23.0. The van der Waals surface area contributed by atoms with Crippen molar-refractivity contribution < 1.29 is 28.3 Å². The standard InChI is InChI=1S/C31H32N4O6/c1-39-30(38)34-18-31(19-34)29(37)35(17-20-10-12-33(16-20)28(36)26-3-2-13-40-26)27(32-31)22-6-4-21(5-7-22)23-8-9-25-24(15-23)11-14-41-25/h4-9,11,14-15,20,26H,2-3,10,12-13,16-19H2,1H3/t20-,26-/m1/s1. The van der Waals surface area contributed by atoms with Crippen molar-refractivity contribution in [3.8, 4) is 11.1 Å². The molecule has 0 N–H and O–H groups in total. The third-order valence-electron chi connectivity index (χ3n) is 8.73. The Labute approximate surface area is 237 Å². The van der Waals surface area contributed by atoms with Crippen molar-refractivity contribution in [2.24, 2.45) is 10.9 Å². The van der Waals surface area contributed by atoms with Gasteiger partial charge in [0.1, 0.15) is 17.5 Å². The van der Waals surface area contributed by atoms with E-state index >= 15 is 0 Å². The predicted octanol–water partition coefficient (Wildman–Crippen LogP) is 3.54. The van der Waals surface area contributed by atoms with Crippen molar-refractivity contribution in [1.29, 1.82) is 0 Å². The summed E-state index contributed by atoms with van der Waals surface area (Å²) in [4.78, 5) is 49.0. The van der Waals surface area contributed by atoms with Gasteiger partial charge in [-0.1, -0.05) is 30.3 Å². The molecule has 0 unspecified atom stereocenters. The number of amidine groups is 1. The lowest BCUT2D eigenvalue weighted by atomic mass is 9.90. The molecule has 0 bridgehead atoms. The highest BCUT2D eigenvalue weighted by Crippen LogP contribution is 2.36.